The van der Waals surface area contributed by atoms with E-state index in [9.17, 15) is 9.59 Å². The average molecular weight is 250 g/mol. The largest absolute Gasteiger partial charge is 0.459 e. The molecule has 2 amide bonds. The van der Waals surface area contributed by atoms with Gasteiger partial charge in [-0.2, -0.15) is 0 Å². The Bertz CT molecular complexity index is 417. The Labute approximate surface area is 106 Å². The second-order valence-electron chi connectivity index (χ2n) is 4.74. The van der Waals surface area contributed by atoms with E-state index in [1.165, 1.54) is 6.26 Å². The molecule has 2 atom stereocenters. The summed E-state index contributed by atoms with van der Waals surface area (Å²) in [5.41, 5.74) is 0. The van der Waals surface area contributed by atoms with E-state index >= 15 is 0 Å². The number of nitrogens with zero attached hydrogens (tertiary/aromatic N) is 1. The van der Waals surface area contributed by atoms with Gasteiger partial charge < -0.3 is 14.6 Å². The summed E-state index contributed by atoms with van der Waals surface area (Å²) in [6, 6.07) is 3.73. The summed E-state index contributed by atoms with van der Waals surface area (Å²) in [7, 11) is 0. The van der Waals surface area contributed by atoms with Crippen LogP contribution >= 0.6 is 0 Å². The van der Waals surface area contributed by atoms with Gasteiger partial charge in [0.15, 0.2) is 5.76 Å². The SMILES string of the molecule is C[C@H]1CC[C@H](C)N1C(=O)CNC(=O)c1ccco1. The zero-order valence-electron chi connectivity index (χ0n) is 10.7. The van der Waals surface area contributed by atoms with Crippen LogP contribution < -0.4 is 5.32 Å². The maximum Gasteiger partial charge on any atom is 0.287 e. The second kappa shape index (κ2) is 5.25. The van der Waals surface area contributed by atoms with Gasteiger partial charge >= 0.3 is 0 Å². The van der Waals surface area contributed by atoms with Gasteiger partial charge in [-0.1, -0.05) is 0 Å². The van der Waals surface area contributed by atoms with Crippen LogP contribution in [-0.4, -0.2) is 35.3 Å². The highest BCUT2D eigenvalue weighted by Gasteiger charge is 2.31. The fraction of sp³-hybridized carbons (Fsp3) is 0.538. The third kappa shape index (κ3) is 2.55. The molecule has 5 heteroatoms. The molecule has 0 radical (unpaired) electrons. The molecule has 0 saturated carbocycles. The average Bonchev–Trinajstić information content (AvgIpc) is 2.96. The van der Waals surface area contributed by atoms with Crippen LogP contribution in [0.15, 0.2) is 22.8 Å². The molecule has 1 N–H and O–H groups in total. The molecule has 0 unspecified atom stereocenters. The first kappa shape index (κ1) is 12.7. The first-order chi connectivity index (χ1) is 8.59. The van der Waals surface area contributed by atoms with Crippen LogP contribution in [0.2, 0.25) is 0 Å². The molecule has 1 aromatic heterocycles. The van der Waals surface area contributed by atoms with Gasteiger partial charge in [-0.05, 0) is 38.8 Å². The first-order valence-electron chi connectivity index (χ1n) is 6.22. The minimum Gasteiger partial charge on any atom is -0.459 e. The molecule has 2 heterocycles. The number of nitrogens with one attached hydrogen (secondary N) is 1. The fourth-order valence-electron chi connectivity index (χ4n) is 2.43. The number of rotatable bonds is 3. The van der Waals surface area contributed by atoms with E-state index in [1.54, 1.807) is 12.1 Å². The van der Waals surface area contributed by atoms with Crippen molar-refractivity contribution in [2.45, 2.75) is 38.8 Å². The first-order valence-corrected chi connectivity index (χ1v) is 6.22. The highest BCUT2D eigenvalue weighted by atomic mass is 16.3. The number of hydrogen-bond donors (Lipinski definition) is 1. The maximum atomic E-state index is 12.0. The van der Waals surface area contributed by atoms with Gasteiger partial charge in [0.2, 0.25) is 5.91 Å². The van der Waals surface area contributed by atoms with Gasteiger partial charge in [0.05, 0.1) is 12.8 Å². The third-order valence-corrected chi connectivity index (χ3v) is 3.39. The number of carbonyl (C=O) groups excluding carboxylic acids is 2. The molecular formula is C13H18N2O3. The lowest BCUT2D eigenvalue weighted by molar-refractivity contribution is -0.132. The minimum absolute atomic E-state index is 0.0220. The van der Waals surface area contributed by atoms with Crippen molar-refractivity contribution in [1.29, 1.82) is 0 Å². The molecule has 18 heavy (non-hydrogen) atoms. The predicted octanol–water partition coefficient (Wildman–Crippen LogP) is 1.41. The van der Waals surface area contributed by atoms with Crippen molar-refractivity contribution in [3.8, 4) is 0 Å². The van der Waals surface area contributed by atoms with Crippen molar-refractivity contribution < 1.29 is 14.0 Å². The zero-order chi connectivity index (χ0) is 13.1. The van der Waals surface area contributed by atoms with Crippen LogP contribution in [0.4, 0.5) is 0 Å². The minimum atomic E-state index is -0.354. The quantitative estimate of drug-likeness (QED) is 0.882. The van der Waals surface area contributed by atoms with Crippen LogP contribution in [0.1, 0.15) is 37.2 Å². The molecule has 0 spiro atoms. The van der Waals surface area contributed by atoms with Crippen LogP contribution in [0.5, 0.6) is 0 Å². The topological polar surface area (TPSA) is 62.6 Å². The van der Waals surface area contributed by atoms with Gasteiger partial charge in [-0.15, -0.1) is 0 Å². The summed E-state index contributed by atoms with van der Waals surface area (Å²) < 4.78 is 4.96. The monoisotopic (exact) mass is 250 g/mol. The number of hydrogen-bond acceptors (Lipinski definition) is 3. The van der Waals surface area contributed by atoms with Crippen molar-refractivity contribution >= 4 is 11.8 Å². The Morgan fingerprint density at radius 2 is 2.06 bits per heavy atom. The predicted molar refractivity (Wildman–Crippen MR) is 66.0 cm³/mol. The van der Waals surface area contributed by atoms with Gasteiger partial charge in [0, 0.05) is 12.1 Å². The summed E-state index contributed by atoms with van der Waals surface area (Å²) in [6.07, 6.45) is 3.49. The lowest BCUT2D eigenvalue weighted by Gasteiger charge is -2.26. The summed E-state index contributed by atoms with van der Waals surface area (Å²) >= 11 is 0. The number of carbonyl (C=O) groups is 2. The third-order valence-electron chi connectivity index (χ3n) is 3.39. The molecule has 1 aliphatic rings. The molecule has 0 bridgehead atoms. The van der Waals surface area contributed by atoms with Gasteiger partial charge in [-0.25, -0.2) is 0 Å². The summed E-state index contributed by atoms with van der Waals surface area (Å²) in [5, 5.41) is 2.58. The van der Waals surface area contributed by atoms with E-state index in [2.05, 4.69) is 5.32 Å². The Balaban J connectivity index is 1.87. The summed E-state index contributed by atoms with van der Waals surface area (Å²) in [4.78, 5) is 25.5. The van der Waals surface area contributed by atoms with Crippen molar-refractivity contribution in [2.75, 3.05) is 6.54 Å². The van der Waals surface area contributed by atoms with Crippen LogP contribution in [0.25, 0.3) is 0 Å². The van der Waals surface area contributed by atoms with Gasteiger partial charge in [-0.3, -0.25) is 9.59 Å². The van der Waals surface area contributed by atoms with Crippen LogP contribution in [-0.2, 0) is 4.79 Å². The molecule has 1 aliphatic heterocycles. The van der Waals surface area contributed by atoms with Gasteiger partial charge in [0.25, 0.3) is 5.91 Å². The molecule has 5 nitrogen and oxygen atoms in total. The highest BCUT2D eigenvalue weighted by Crippen LogP contribution is 2.23. The molecule has 0 aliphatic carbocycles. The number of furan rings is 1. The molecule has 0 aromatic carbocycles. The molecule has 1 saturated heterocycles. The zero-order valence-corrected chi connectivity index (χ0v) is 10.7. The van der Waals surface area contributed by atoms with E-state index in [1.807, 2.05) is 18.7 Å². The summed E-state index contributed by atoms with van der Waals surface area (Å²) in [6.45, 7) is 4.10. The lowest BCUT2D eigenvalue weighted by atomic mass is 10.2. The molecule has 2 rings (SSSR count). The fourth-order valence-corrected chi connectivity index (χ4v) is 2.43. The van der Waals surface area contributed by atoms with E-state index < -0.39 is 0 Å². The van der Waals surface area contributed by atoms with E-state index in [0.717, 1.165) is 12.8 Å². The summed E-state index contributed by atoms with van der Waals surface area (Å²) in [5.74, 6) is -0.162. The maximum absolute atomic E-state index is 12.0. The van der Waals surface area contributed by atoms with Crippen molar-refractivity contribution in [2.24, 2.45) is 0 Å². The Morgan fingerprint density at radius 1 is 1.39 bits per heavy atom. The standard InChI is InChI=1S/C13H18N2O3/c1-9-5-6-10(2)15(9)12(16)8-14-13(17)11-4-3-7-18-11/h3-4,7,9-10H,5-6,8H2,1-2H3,(H,14,17)/t9-,10-/m0/s1. The smallest absolute Gasteiger partial charge is 0.287 e. The lowest BCUT2D eigenvalue weighted by Crippen LogP contribution is -2.44. The van der Waals surface area contributed by atoms with Crippen LogP contribution in [0, 0.1) is 0 Å². The second-order valence-corrected chi connectivity index (χ2v) is 4.74. The number of likely N-dealkylation sites (tertiary alicyclic amines) is 1. The Morgan fingerprint density at radius 3 is 2.61 bits per heavy atom. The van der Waals surface area contributed by atoms with Crippen LogP contribution in [0.3, 0.4) is 0 Å². The normalized spacial score (nSPS) is 23.1. The molecule has 1 aromatic rings. The molecular weight excluding hydrogens is 232 g/mol. The Hall–Kier alpha value is -1.78. The van der Waals surface area contributed by atoms with Crippen molar-refractivity contribution in [3.05, 3.63) is 24.2 Å². The molecule has 1 fully saturated rings. The molecule has 98 valence electrons. The van der Waals surface area contributed by atoms with E-state index in [4.69, 9.17) is 4.42 Å². The van der Waals surface area contributed by atoms with E-state index in [-0.39, 0.29) is 36.2 Å². The Kier molecular flexibility index (Phi) is 3.69. The van der Waals surface area contributed by atoms with E-state index in [0.29, 0.717) is 0 Å². The van der Waals surface area contributed by atoms with Crippen molar-refractivity contribution in [1.82, 2.24) is 10.2 Å². The highest BCUT2D eigenvalue weighted by molar-refractivity contribution is 5.94. The van der Waals surface area contributed by atoms with Gasteiger partial charge in [0.1, 0.15) is 0 Å². The number of amides is 2. The van der Waals surface area contributed by atoms with Crippen molar-refractivity contribution in [3.63, 3.8) is 0 Å².